The summed E-state index contributed by atoms with van der Waals surface area (Å²) in [5.74, 6) is -0.361. The van der Waals surface area contributed by atoms with Gasteiger partial charge < -0.3 is 9.73 Å². The Kier molecular flexibility index (Phi) is 5.35. The molecule has 0 unspecified atom stereocenters. The number of thioether (sulfide) groups is 1. The minimum atomic E-state index is -0.408. The van der Waals surface area contributed by atoms with Gasteiger partial charge in [-0.25, -0.2) is 4.39 Å². The van der Waals surface area contributed by atoms with E-state index in [2.05, 4.69) is 15.5 Å². The first-order valence-electron chi connectivity index (χ1n) is 7.30. The van der Waals surface area contributed by atoms with Crippen LogP contribution in [-0.4, -0.2) is 21.9 Å². The lowest BCUT2D eigenvalue weighted by molar-refractivity contribution is -0.113. The molecule has 5 nitrogen and oxygen atoms in total. The molecule has 0 saturated carbocycles. The summed E-state index contributed by atoms with van der Waals surface area (Å²) in [6, 6.07) is 11.3. The van der Waals surface area contributed by atoms with E-state index in [1.54, 1.807) is 31.2 Å². The van der Waals surface area contributed by atoms with E-state index >= 15 is 0 Å². The molecule has 0 aliphatic heterocycles. The summed E-state index contributed by atoms with van der Waals surface area (Å²) < 4.78 is 18.8. The zero-order valence-electron chi connectivity index (χ0n) is 13.1. The second-order valence-electron chi connectivity index (χ2n) is 5.15. The Morgan fingerprint density at radius 2 is 2.08 bits per heavy atom. The van der Waals surface area contributed by atoms with Gasteiger partial charge in [0, 0.05) is 5.69 Å². The largest absolute Gasteiger partial charge is 0.411 e. The van der Waals surface area contributed by atoms with Crippen molar-refractivity contribution < 1.29 is 13.6 Å². The molecule has 1 amide bonds. The molecule has 0 saturated heterocycles. The second kappa shape index (κ2) is 7.67. The van der Waals surface area contributed by atoms with E-state index in [9.17, 15) is 9.18 Å². The van der Waals surface area contributed by atoms with Crippen molar-refractivity contribution >= 4 is 35.0 Å². The zero-order valence-corrected chi connectivity index (χ0v) is 14.7. The first-order chi connectivity index (χ1) is 12.0. The molecular formula is C17H13ClFN3O2S. The van der Waals surface area contributed by atoms with Crippen LogP contribution in [0.5, 0.6) is 0 Å². The Balaban J connectivity index is 1.61. The molecular weight excluding hydrogens is 365 g/mol. The number of carbonyl (C=O) groups is 1. The van der Waals surface area contributed by atoms with Gasteiger partial charge in [0.1, 0.15) is 5.82 Å². The van der Waals surface area contributed by atoms with Crippen molar-refractivity contribution in [2.75, 3.05) is 11.1 Å². The van der Waals surface area contributed by atoms with Crippen molar-refractivity contribution in [2.45, 2.75) is 12.1 Å². The average Bonchev–Trinajstić information content (AvgIpc) is 3.05. The predicted molar refractivity (Wildman–Crippen MR) is 95.2 cm³/mol. The number of anilines is 1. The molecule has 0 atom stereocenters. The molecule has 1 N–H and O–H groups in total. The lowest BCUT2D eigenvalue weighted by Crippen LogP contribution is -2.15. The number of benzene rings is 2. The molecule has 1 aromatic heterocycles. The van der Waals surface area contributed by atoms with E-state index in [0.717, 1.165) is 17.3 Å². The number of halogens is 2. The molecule has 1 heterocycles. The van der Waals surface area contributed by atoms with Crippen LogP contribution in [0.2, 0.25) is 5.02 Å². The normalized spacial score (nSPS) is 10.7. The Morgan fingerprint density at radius 1 is 1.28 bits per heavy atom. The lowest BCUT2D eigenvalue weighted by atomic mass is 10.2. The molecule has 25 heavy (non-hydrogen) atoms. The third-order valence-corrected chi connectivity index (χ3v) is 4.46. The van der Waals surface area contributed by atoms with Gasteiger partial charge in [0.25, 0.3) is 5.22 Å². The first kappa shape index (κ1) is 17.4. The predicted octanol–water partition coefficient (Wildman–Crippen LogP) is 4.57. The number of aryl methyl sites for hydroxylation is 1. The fourth-order valence-electron chi connectivity index (χ4n) is 2.05. The average molecular weight is 378 g/mol. The van der Waals surface area contributed by atoms with Gasteiger partial charge >= 0.3 is 0 Å². The molecule has 3 rings (SSSR count). The number of aromatic nitrogens is 2. The molecule has 0 fully saturated rings. The molecule has 0 radical (unpaired) electrons. The Hall–Kier alpha value is -2.38. The highest BCUT2D eigenvalue weighted by molar-refractivity contribution is 7.99. The number of amides is 1. The summed E-state index contributed by atoms with van der Waals surface area (Å²) in [6.45, 7) is 1.79. The van der Waals surface area contributed by atoms with Crippen LogP contribution < -0.4 is 5.32 Å². The Bertz CT molecular complexity index is 916. The smallest absolute Gasteiger partial charge is 0.277 e. The van der Waals surface area contributed by atoms with Crippen LogP contribution in [0.15, 0.2) is 52.1 Å². The van der Waals surface area contributed by atoms with Gasteiger partial charge in [-0.2, -0.15) is 0 Å². The monoisotopic (exact) mass is 377 g/mol. The molecule has 2 aromatic carbocycles. The van der Waals surface area contributed by atoms with Crippen LogP contribution in [0, 0.1) is 12.7 Å². The molecule has 0 bridgehead atoms. The van der Waals surface area contributed by atoms with Crippen LogP contribution in [0.3, 0.4) is 0 Å². The highest BCUT2D eigenvalue weighted by Crippen LogP contribution is 2.28. The van der Waals surface area contributed by atoms with E-state index in [4.69, 9.17) is 16.0 Å². The molecule has 0 aliphatic rings. The Labute approximate surface area is 152 Å². The van der Waals surface area contributed by atoms with Crippen LogP contribution in [0.25, 0.3) is 11.5 Å². The fraction of sp³-hybridized carbons (Fsp3) is 0.118. The minimum Gasteiger partial charge on any atom is -0.411 e. The van der Waals surface area contributed by atoms with Gasteiger partial charge in [-0.3, -0.25) is 4.79 Å². The van der Waals surface area contributed by atoms with Gasteiger partial charge in [-0.05, 0) is 36.8 Å². The van der Waals surface area contributed by atoms with Crippen molar-refractivity contribution in [1.29, 1.82) is 0 Å². The van der Waals surface area contributed by atoms with Crippen LogP contribution >= 0.6 is 23.4 Å². The highest BCUT2D eigenvalue weighted by atomic mass is 35.5. The van der Waals surface area contributed by atoms with E-state index < -0.39 is 5.82 Å². The number of hydrogen-bond acceptors (Lipinski definition) is 5. The van der Waals surface area contributed by atoms with Gasteiger partial charge in [-0.1, -0.05) is 41.6 Å². The molecule has 128 valence electrons. The molecule has 0 spiro atoms. The second-order valence-corrected chi connectivity index (χ2v) is 6.48. The summed E-state index contributed by atoms with van der Waals surface area (Å²) in [7, 11) is 0. The van der Waals surface area contributed by atoms with E-state index in [1.165, 1.54) is 12.1 Å². The van der Waals surface area contributed by atoms with E-state index in [0.29, 0.717) is 16.3 Å². The fourth-order valence-corrected chi connectivity index (χ4v) is 2.83. The maximum atomic E-state index is 13.2. The number of nitrogens with zero attached hydrogens (tertiary/aromatic N) is 2. The Morgan fingerprint density at radius 3 is 2.88 bits per heavy atom. The zero-order chi connectivity index (χ0) is 17.8. The number of rotatable bonds is 5. The lowest BCUT2D eigenvalue weighted by Gasteiger charge is -2.07. The molecule has 3 aromatic rings. The van der Waals surface area contributed by atoms with Gasteiger partial charge in [0.15, 0.2) is 0 Å². The first-order valence-corrected chi connectivity index (χ1v) is 8.66. The van der Waals surface area contributed by atoms with E-state index in [1.807, 2.05) is 6.07 Å². The highest BCUT2D eigenvalue weighted by Gasteiger charge is 2.14. The minimum absolute atomic E-state index is 0.0557. The van der Waals surface area contributed by atoms with Crippen LogP contribution in [-0.2, 0) is 4.79 Å². The summed E-state index contributed by atoms with van der Waals surface area (Å²) >= 11 is 7.17. The SMILES string of the molecule is Cc1ccc(F)cc1NC(=O)CSc1nnc(-c2ccccc2Cl)o1. The van der Waals surface area contributed by atoms with Crippen molar-refractivity contribution in [1.82, 2.24) is 10.2 Å². The molecule has 0 aliphatic carbocycles. The van der Waals surface area contributed by atoms with Gasteiger partial charge in [-0.15, -0.1) is 10.2 Å². The van der Waals surface area contributed by atoms with Crippen molar-refractivity contribution in [2.24, 2.45) is 0 Å². The quantitative estimate of drug-likeness (QED) is 0.660. The maximum Gasteiger partial charge on any atom is 0.277 e. The maximum absolute atomic E-state index is 13.2. The topological polar surface area (TPSA) is 68.0 Å². The molecule has 8 heteroatoms. The number of nitrogens with one attached hydrogen (secondary N) is 1. The van der Waals surface area contributed by atoms with Crippen molar-refractivity contribution in [3.63, 3.8) is 0 Å². The van der Waals surface area contributed by atoms with Crippen LogP contribution in [0.1, 0.15) is 5.56 Å². The summed E-state index contributed by atoms with van der Waals surface area (Å²) in [6.07, 6.45) is 0. The summed E-state index contributed by atoms with van der Waals surface area (Å²) in [4.78, 5) is 12.0. The van der Waals surface area contributed by atoms with Gasteiger partial charge in [0.2, 0.25) is 11.8 Å². The summed E-state index contributed by atoms with van der Waals surface area (Å²) in [5, 5.41) is 11.2. The third-order valence-electron chi connectivity index (χ3n) is 3.31. The van der Waals surface area contributed by atoms with Crippen molar-refractivity contribution in [3.8, 4) is 11.5 Å². The summed E-state index contributed by atoms with van der Waals surface area (Å²) in [5.41, 5.74) is 1.84. The third kappa shape index (κ3) is 4.37. The standard InChI is InChI=1S/C17H13ClFN3O2S/c1-10-6-7-11(19)8-14(10)20-15(23)9-25-17-22-21-16(24-17)12-4-2-3-5-13(12)18/h2-8H,9H2,1H3,(H,20,23). The van der Waals surface area contributed by atoms with Gasteiger partial charge in [0.05, 0.1) is 16.3 Å². The van der Waals surface area contributed by atoms with Crippen LogP contribution in [0.4, 0.5) is 10.1 Å². The number of hydrogen-bond donors (Lipinski definition) is 1. The van der Waals surface area contributed by atoms with E-state index in [-0.39, 0.29) is 22.8 Å². The number of carbonyl (C=O) groups excluding carboxylic acids is 1. The van der Waals surface area contributed by atoms with Crippen molar-refractivity contribution in [3.05, 3.63) is 58.9 Å².